The van der Waals surface area contributed by atoms with Crippen LogP contribution in [0.2, 0.25) is 0 Å². The minimum Gasteiger partial charge on any atom is -0.478 e. The van der Waals surface area contributed by atoms with Crippen LogP contribution in [0.3, 0.4) is 0 Å². The molecule has 2 rings (SSSR count). The van der Waals surface area contributed by atoms with E-state index in [4.69, 9.17) is 10.5 Å². The summed E-state index contributed by atoms with van der Waals surface area (Å²) in [5.41, 5.74) is 5.97. The SMILES string of the molecule is COc1nc(N)nn2ccnc12. The molecule has 62 valence electrons. The van der Waals surface area contributed by atoms with Crippen molar-refractivity contribution in [2.75, 3.05) is 12.8 Å². The van der Waals surface area contributed by atoms with Gasteiger partial charge in [-0.3, -0.25) is 0 Å². The minimum atomic E-state index is 0.164. The third-order valence-corrected chi connectivity index (χ3v) is 1.43. The normalized spacial score (nSPS) is 10.4. The summed E-state index contributed by atoms with van der Waals surface area (Å²) in [6, 6.07) is 0. The van der Waals surface area contributed by atoms with Crippen molar-refractivity contribution in [2.24, 2.45) is 0 Å². The first-order valence-corrected chi connectivity index (χ1v) is 3.32. The Morgan fingerprint density at radius 3 is 3.17 bits per heavy atom. The molecule has 0 atom stereocenters. The van der Waals surface area contributed by atoms with Crippen LogP contribution in [-0.2, 0) is 0 Å². The first kappa shape index (κ1) is 6.84. The predicted octanol–water partition coefficient (Wildman–Crippen LogP) is -0.285. The highest BCUT2D eigenvalue weighted by Crippen LogP contribution is 2.13. The minimum absolute atomic E-state index is 0.164. The maximum atomic E-state index is 5.41. The molecule has 0 aliphatic heterocycles. The van der Waals surface area contributed by atoms with Crippen molar-refractivity contribution in [2.45, 2.75) is 0 Å². The van der Waals surface area contributed by atoms with Gasteiger partial charge in [0.15, 0.2) is 0 Å². The summed E-state index contributed by atoms with van der Waals surface area (Å²) in [5.74, 6) is 0.546. The lowest BCUT2D eigenvalue weighted by Crippen LogP contribution is -2.03. The van der Waals surface area contributed by atoms with Crippen molar-refractivity contribution in [1.29, 1.82) is 0 Å². The number of nitrogens with two attached hydrogens (primary N) is 1. The van der Waals surface area contributed by atoms with Crippen LogP contribution >= 0.6 is 0 Å². The number of hydrogen-bond acceptors (Lipinski definition) is 5. The van der Waals surface area contributed by atoms with Gasteiger partial charge < -0.3 is 10.5 Å². The number of anilines is 1. The molecule has 0 fully saturated rings. The summed E-state index contributed by atoms with van der Waals surface area (Å²) in [6.45, 7) is 0. The molecule has 0 amide bonds. The molecular formula is C6H7N5O. The molecule has 0 spiro atoms. The molecule has 12 heavy (non-hydrogen) atoms. The number of ether oxygens (including phenoxy) is 1. The number of fused-ring (bicyclic) bond motifs is 1. The van der Waals surface area contributed by atoms with Gasteiger partial charge in [-0.15, -0.1) is 5.10 Å². The lowest BCUT2D eigenvalue weighted by molar-refractivity contribution is 0.399. The lowest BCUT2D eigenvalue weighted by Gasteiger charge is -2.00. The number of nitrogens with zero attached hydrogens (tertiary/aromatic N) is 4. The number of imidazole rings is 1. The van der Waals surface area contributed by atoms with Gasteiger partial charge in [0.2, 0.25) is 11.6 Å². The van der Waals surface area contributed by atoms with Crippen molar-refractivity contribution in [3.05, 3.63) is 12.4 Å². The maximum Gasteiger partial charge on any atom is 0.262 e. The van der Waals surface area contributed by atoms with Crippen LogP contribution in [0.25, 0.3) is 5.65 Å². The Hall–Kier alpha value is -1.85. The van der Waals surface area contributed by atoms with Crippen LogP contribution in [0.15, 0.2) is 12.4 Å². The number of rotatable bonds is 1. The Balaban J connectivity index is 2.80. The highest BCUT2D eigenvalue weighted by Gasteiger charge is 2.05. The highest BCUT2D eigenvalue weighted by atomic mass is 16.5. The molecule has 6 nitrogen and oxygen atoms in total. The van der Waals surface area contributed by atoms with E-state index >= 15 is 0 Å². The zero-order valence-electron chi connectivity index (χ0n) is 6.43. The molecule has 0 bridgehead atoms. The standard InChI is InChI=1S/C6H7N5O/c1-12-5-4-8-2-3-11(4)10-6(7)9-5/h2-3H,1H3,(H2,7,10). The van der Waals surface area contributed by atoms with E-state index in [0.717, 1.165) is 0 Å². The Bertz CT molecular complexity index is 409. The summed E-state index contributed by atoms with van der Waals surface area (Å²) in [4.78, 5) is 7.84. The fraction of sp³-hybridized carbons (Fsp3) is 0.167. The molecule has 0 saturated heterocycles. The summed E-state index contributed by atoms with van der Waals surface area (Å²) in [7, 11) is 1.51. The first-order valence-electron chi connectivity index (χ1n) is 3.32. The Kier molecular flexibility index (Phi) is 1.33. The van der Waals surface area contributed by atoms with Crippen molar-refractivity contribution >= 4 is 11.6 Å². The van der Waals surface area contributed by atoms with Gasteiger partial charge in [0, 0.05) is 12.4 Å². The van der Waals surface area contributed by atoms with E-state index in [9.17, 15) is 0 Å². The van der Waals surface area contributed by atoms with Gasteiger partial charge in [0.25, 0.3) is 5.88 Å². The molecule has 6 heteroatoms. The van der Waals surface area contributed by atoms with E-state index < -0.39 is 0 Å². The topological polar surface area (TPSA) is 78.3 Å². The summed E-state index contributed by atoms with van der Waals surface area (Å²) < 4.78 is 6.47. The van der Waals surface area contributed by atoms with Crippen LogP contribution in [0, 0.1) is 0 Å². The molecule has 2 heterocycles. The average molecular weight is 165 g/mol. The highest BCUT2D eigenvalue weighted by molar-refractivity contribution is 5.49. The maximum absolute atomic E-state index is 5.41. The van der Waals surface area contributed by atoms with Crippen LogP contribution in [0.1, 0.15) is 0 Å². The second-order valence-corrected chi connectivity index (χ2v) is 2.17. The molecule has 0 unspecified atom stereocenters. The molecule has 0 aliphatic rings. The van der Waals surface area contributed by atoms with Crippen molar-refractivity contribution in [3.63, 3.8) is 0 Å². The van der Waals surface area contributed by atoms with Gasteiger partial charge in [0.05, 0.1) is 7.11 Å². The van der Waals surface area contributed by atoms with Gasteiger partial charge in [-0.25, -0.2) is 9.50 Å². The van der Waals surface area contributed by atoms with Gasteiger partial charge in [-0.1, -0.05) is 0 Å². The Morgan fingerprint density at radius 1 is 1.58 bits per heavy atom. The zero-order valence-corrected chi connectivity index (χ0v) is 6.43. The zero-order chi connectivity index (χ0) is 8.55. The number of methoxy groups -OCH3 is 1. The van der Waals surface area contributed by atoms with Gasteiger partial charge >= 0.3 is 0 Å². The van der Waals surface area contributed by atoms with Crippen LogP contribution in [0.5, 0.6) is 5.88 Å². The summed E-state index contributed by atoms with van der Waals surface area (Å²) in [6.07, 6.45) is 3.28. The summed E-state index contributed by atoms with van der Waals surface area (Å²) >= 11 is 0. The van der Waals surface area contributed by atoms with E-state index in [1.54, 1.807) is 12.4 Å². The molecule has 0 aromatic carbocycles. The third kappa shape index (κ3) is 0.849. The van der Waals surface area contributed by atoms with Crippen LogP contribution in [0.4, 0.5) is 5.95 Å². The van der Waals surface area contributed by atoms with Crippen molar-refractivity contribution in [3.8, 4) is 5.88 Å². The third-order valence-electron chi connectivity index (χ3n) is 1.43. The molecule has 2 N–H and O–H groups in total. The molecular weight excluding hydrogens is 158 g/mol. The largest absolute Gasteiger partial charge is 0.478 e. The summed E-state index contributed by atoms with van der Waals surface area (Å²) in [5, 5.41) is 3.89. The van der Waals surface area contributed by atoms with E-state index in [1.165, 1.54) is 11.6 Å². The molecule has 0 aliphatic carbocycles. The molecule has 2 aromatic heterocycles. The van der Waals surface area contributed by atoms with E-state index in [1.807, 2.05) is 0 Å². The van der Waals surface area contributed by atoms with Crippen molar-refractivity contribution in [1.82, 2.24) is 19.6 Å². The second-order valence-electron chi connectivity index (χ2n) is 2.17. The molecule has 2 aromatic rings. The average Bonchev–Trinajstić information content (AvgIpc) is 2.50. The fourth-order valence-electron chi connectivity index (χ4n) is 0.954. The number of aromatic nitrogens is 4. The van der Waals surface area contributed by atoms with E-state index in [0.29, 0.717) is 11.5 Å². The Labute approximate surface area is 68.0 Å². The van der Waals surface area contributed by atoms with Crippen molar-refractivity contribution < 1.29 is 4.74 Å². The predicted molar refractivity (Wildman–Crippen MR) is 41.7 cm³/mol. The number of hydrogen-bond donors (Lipinski definition) is 1. The monoisotopic (exact) mass is 165 g/mol. The van der Waals surface area contributed by atoms with Gasteiger partial charge in [-0.05, 0) is 0 Å². The second kappa shape index (κ2) is 2.33. The molecule has 0 saturated carbocycles. The molecule has 0 radical (unpaired) electrons. The number of nitrogen functional groups attached to an aromatic ring is 1. The quantitative estimate of drug-likeness (QED) is 0.628. The van der Waals surface area contributed by atoms with E-state index in [-0.39, 0.29) is 5.95 Å². The lowest BCUT2D eigenvalue weighted by atomic mass is 10.7. The van der Waals surface area contributed by atoms with Crippen LogP contribution < -0.4 is 10.5 Å². The van der Waals surface area contributed by atoms with Crippen LogP contribution in [-0.4, -0.2) is 26.7 Å². The van der Waals surface area contributed by atoms with E-state index in [2.05, 4.69) is 15.1 Å². The van der Waals surface area contributed by atoms with Gasteiger partial charge in [-0.2, -0.15) is 4.98 Å². The first-order chi connectivity index (χ1) is 5.81. The smallest absolute Gasteiger partial charge is 0.262 e. The fourth-order valence-corrected chi connectivity index (χ4v) is 0.954. The Morgan fingerprint density at radius 2 is 2.42 bits per heavy atom. The van der Waals surface area contributed by atoms with Gasteiger partial charge in [0.1, 0.15) is 0 Å².